The van der Waals surface area contributed by atoms with Gasteiger partial charge in [-0.3, -0.25) is 4.79 Å². The summed E-state index contributed by atoms with van der Waals surface area (Å²) in [6.07, 6.45) is 3.55. The highest BCUT2D eigenvalue weighted by Crippen LogP contribution is 2.29. The summed E-state index contributed by atoms with van der Waals surface area (Å²) in [6, 6.07) is 5.43. The summed E-state index contributed by atoms with van der Waals surface area (Å²) in [5, 5.41) is 18.4. The van der Waals surface area contributed by atoms with E-state index in [1.165, 1.54) is 11.3 Å². The van der Waals surface area contributed by atoms with Crippen LogP contribution in [0.3, 0.4) is 0 Å². The number of hydrogen-bond donors (Lipinski definition) is 4. The smallest absolute Gasteiger partial charge is 0.263 e. The molecule has 24 heavy (non-hydrogen) atoms. The summed E-state index contributed by atoms with van der Waals surface area (Å²) < 4.78 is 0. The third-order valence-corrected chi connectivity index (χ3v) is 4.83. The molecule has 0 fully saturated rings. The van der Waals surface area contributed by atoms with Gasteiger partial charge in [-0.2, -0.15) is 0 Å². The maximum absolute atomic E-state index is 12.5. The van der Waals surface area contributed by atoms with Gasteiger partial charge in [0, 0.05) is 17.8 Å². The number of hydrogen-bond acceptors (Lipinski definition) is 5. The van der Waals surface area contributed by atoms with Gasteiger partial charge < -0.3 is 20.7 Å². The molecule has 0 saturated carbocycles. The number of nitrogens with one attached hydrogen (secondary N) is 3. The van der Waals surface area contributed by atoms with Crippen LogP contribution in [0.2, 0.25) is 0 Å². The average Bonchev–Trinajstić information content (AvgIpc) is 3.21. The normalized spacial score (nSPS) is 12.5. The molecule has 126 valence electrons. The molecule has 1 unspecified atom stereocenters. The van der Waals surface area contributed by atoms with Gasteiger partial charge in [0.2, 0.25) is 0 Å². The molecule has 0 aliphatic heterocycles. The monoisotopic (exact) mass is 344 g/mol. The molecule has 0 radical (unpaired) electrons. The quantitative estimate of drug-likeness (QED) is 0.553. The lowest BCUT2D eigenvalue weighted by Crippen LogP contribution is -2.41. The largest absolute Gasteiger partial charge is 0.394 e. The van der Waals surface area contributed by atoms with Crippen molar-refractivity contribution in [2.75, 3.05) is 11.9 Å². The molecule has 0 bridgehead atoms. The number of rotatable bonds is 6. The van der Waals surface area contributed by atoms with Crippen LogP contribution in [0.4, 0.5) is 11.4 Å². The van der Waals surface area contributed by atoms with Gasteiger partial charge in [-0.15, -0.1) is 11.3 Å². The van der Waals surface area contributed by atoms with Gasteiger partial charge in [-0.1, -0.05) is 13.8 Å². The number of aliphatic hydroxyl groups is 1. The Labute approximate surface area is 143 Å². The second-order valence-electron chi connectivity index (χ2n) is 5.89. The topological polar surface area (TPSA) is 90.0 Å². The summed E-state index contributed by atoms with van der Waals surface area (Å²) in [7, 11) is 0. The third kappa shape index (κ3) is 3.27. The molecule has 6 nitrogen and oxygen atoms in total. The Kier molecular flexibility index (Phi) is 4.82. The van der Waals surface area contributed by atoms with Gasteiger partial charge in [0.15, 0.2) is 0 Å². The van der Waals surface area contributed by atoms with Crippen molar-refractivity contribution in [1.82, 2.24) is 15.3 Å². The van der Waals surface area contributed by atoms with Crippen molar-refractivity contribution in [3.05, 3.63) is 40.8 Å². The number of H-pyrrole nitrogens is 1. The second kappa shape index (κ2) is 7.02. The van der Waals surface area contributed by atoms with Gasteiger partial charge in [0.05, 0.1) is 24.0 Å². The van der Waals surface area contributed by atoms with Crippen LogP contribution in [0.25, 0.3) is 11.0 Å². The van der Waals surface area contributed by atoms with Gasteiger partial charge >= 0.3 is 0 Å². The number of aliphatic hydroxyl groups excluding tert-OH is 1. The molecule has 7 heteroatoms. The molecular formula is C17H20N4O2S. The molecule has 0 spiro atoms. The Bertz CT molecular complexity index is 840. The third-order valence-electron chi connectivity index (χ3n) is 3.92. The number of pyridine rings is 1. The predicted molar refractivity (Wildman–Crippen MR) is 96.9 cm³/mol. The van der Waals surface area contributed by atoms with E-state index in [1.54, 1.807) is 6.20 Å². The minimum absolute atomic E-state index is 0.0775. The van der Waals surface area contributed by atoms with Crippen molar-refractivity contribution in [3.8, 4) is 0 Å². The van der Waals surface area contributed by atoms with E-state index < -0.39 is 0 Å². The van der Waals surface area contributed by atoms with Crippen molar-refractivity contribution < 1.29 is 9.90 Å². The van der Waals surface area contributed by atoms with Crippen LogP contribution >= 0.6 is 11.3 Å². The van der Waals surface area contributed by atoms with Crippen LogP contribution in [0.1, 0.15) is 23.5 Å². The van der Waals surface area contributed by atoms with Crippen LogP contribution in [-0.2, 0) is 0 Å². The summed E-state index contributed by atoms with van der Waals surface area (Å²) >= 11 is 1.37. The van der Waals surface area contributed by atoms with E-state index in [0.29, 0.717) is 4.88 Å². The molecule has 3 aromatic heterocycles. The number of aromatic nitrogens is 2. The lowest BCUT2D eigenvalue weighted by Gasteiger charge is -2.20. The lowest BCUT2D eigenvalue weighted by molar-refractivity contribution is 0.0902. The molecule has 3 heterocycles. The molecule has 0 aromatic carbocycles. The van der Waals surface area contributed by atoms with Crippen LogP contribution in [0.15, 0.2) is 36.0 Å². The highest BCUT2D eigenvalue weighted by Gasteiger charge is 2.20. The summed E-state index contributed by atoms with van der Waals surface area (Å²) in [6.45, 7) is 3.86. The van der Waals surface area contributed by atoms with Crippen molar-refractivity contribution in [2.45, 2.75) is 19.9 Å². The molecule has 0 aliphatic rings. The Morgan fingerprint density at radius 2 is 2.17 bits per heavy atom. The maximum atomic E-state index is 12.5. The number of carbonyl (C=O) groups is 1. The zero-order valence-corrected chi connectivity index (χ0v) is 14.4. The van der Waals surface area contributed by atoms with E-state index in [0.717, 1.165) is 22.4 Å². The molecule has 1 amide bonds. The zero-order chi connectivity index (χ0) is 17.1. The van der Waals surface area contributed by atoms with Crippen LogP contribution < -0.4 is 10.6 Å². The number of fused-ring (bicyclic) bond motifs is 1. The van der Waals surface area contributed by atoms with E-state index in [2.05, 4.69) is 20.6 Å². The second-order valence-corrected chi connectivity index (χ2v) is 6.81. The highest BCUT2D eigenvalue weighted by molar-refractivity contribution is 7.12. The first-order valence-corrected chi connectivity index (χ1v) is 8.66. The standard InChI is InChI=1S/C17H20N4O2S/c1-10(2)14(9-22)21-17(23)15-13(5-8-24-15)20-12-4-7-19-16-11(12)3-6-18-16/h3-8,10,14,22H,9H2,1-2H3,(H,21,23)(H2,18,19,20). The fraction of sp³-hybridized carbons (Fsp3) is 0.294. The van der Waals surface area contributed by atoms with Crippen LogP contribution in [0.5, 0.6) is 0 Å². The fourth-order valence-corrected chi connectivity index (χ4v) is 3.21. The Hall–Kier alpha value is -2.38. The predicted octanol–water partition coefficient (Wildman–Crippen LogP) is 3.11. The number of aromatic amines is 1. The van der Waals surface area contributed by atoms with Gasteiger partial charge in [-0.25, -0.2) is 4.98 Å². The van der Waals surface area contributed by atoms with Crippen molar-refractivity contribution in [1.29, 1.82) is 0 Å². The number of nitrogens with zero attached hydrogens (tertiary/aromatic N) is 1. The summed E-state index contributed by atoms with van der Waals surface area (Å²) in [4.78, 5) is 20.5. The molecule has 0 saturated heterocycles. The molecule has 0 aliphatic carbocycles. The molecule has 4 N–H and O–H groups in total. The minimum Gasteiger partial charge on any atom is -0.394 e. The van der Waals surface area contributed by atoms with Crippen LogP contribution in [-0.4, -0.2) is 33.6 Å². The Morgan fingerprint density at radius 1 is 1.33 bits per heavy atom. The van der Waals surface area contributed by atoms with E-state index in [1.807, 2.05) is 43.6 Å². The minimum atomic E-state index is -0.259. The number of thiophene rings is 1. The molecule has 3 rings (SSSR count). The highest BCUT2D eigenvalue weighted by atomic mass is 32.1. The van der Waals surface area contributed by atoms with Crippen LogP contribution in [0, 0.1) is 5.92 Å². The first kappa shape index (κ1) is 16.5. The van der Waals surface area contributed by atoms with Gasteiger partial charge in [-0.05, 0) is 29.5 Å². The maximum Gasteiger partial charge on any atom is 0.263 e. The van der Waals surface area contributed by atoms with E-state index in [-0.39, 0.29) is 24.5 Å². The zero-order valence-electron chi connectivity index (χ0n) is 13.5. The first-order valence-electron chi connectivity index (χ1n) is 7.78. The van der Waals surface area contributed by atoms with Crippen molar-refractivity contribution in [3.63, 3.8) is 0 Å². The van der Waals surface area contributed by atoms with E-state index in [9.17, 15) is 9.90 Å². The molecule has 1 atom stereocenters. The SMILES string of the molecule is CC(C)C(CO)NC(=O)c1sccc1Nc1ccnc2[nH]ccc12. The number of anilines is 2. The number of amides is 1. The van der Waals surface area contributed by atoms with E-state index >= 15 is 0 Å². The van der Waals surface area contributed by atoms with Crippen molar-refractivity contribution in [2.24, 2.45) is 5.92 Å². The number of carbonyl (C=O) groups excluding carboxylic acids is 1. The molecular weight excluding hydrogens is 324 g/mol. The Balaban J connectivity index is 1.83. The Morgan fingerprint density at radius 3 is 2.92 bits per heavy atom. The first-order chi connectivity index (χ1) is 11.6. The summed E-state index contributed by atoms with van der Waals surface area (Å²) in [5.41, 5.74) is 2.42. The van der Waals surface area contributed by atoms with E-state index in [4.69, 9.17) is 0 Å². The lowest BCUT2D eigenvalue weighted by atomic mass is 10.1. The van der Waals surface area contributed by atoms with Gasteiger partial charge in [0.25, 0.3) is 5.91 Å². The van der Waals surface area contributed by atoms with Crippen molar-refractivity contribution >= 4 is 39.7 Å². The van der Waals surface area contributed by atoms with Gasteiger partial charge in [0.1, 0.15) is 10.5 Å². The molecule has 3 aromatic rings. The average molecular weight is 344 g/mol. The summed E-state index contributed by atoms with van der Waals surface area (Å²) in [5.74, 6) is -0.0189. The fourth-order valence-electron chi connectivity index (χ4n) is 2.46.